The van der Waals surface area contributed by atoms with Gasteiger partial charge in [-0.15, -0.1) is 12.4 Å². The first-order valence-corrected chi connectivity index (χ1v) is 7.75. The largest absolute Gasteiger partial charge is 0.354 e. The van der Waals surface area contributed by atoms with Gasteiger partial charge in [0.25, 0.3) is 5.91 Å². The molecule has 0 aromatic heterocycles. The molecule has 0 radical (unpaired) electrons. The first-order valence-electron chi connectivity index (χ1n) is 7.75. The zero-order valence-electron chi connectivity index (χ0n) is 13.3. The maximum absolute atomic E-state index is 13.3. The highest BCUT2D eigenvalue weighted by Crippen LogP contribution is 2.20. The molecule has 1 atom stereocenters. The second-order valence-electron chi connectivity index (χ2n) is 5.65. The number of rotatable bonds is 5. The average molecular weight is 362 g/mol. The lowest BCUT2D eigenvalue weighted by atomic mass is 10.0. The van der Waals surface area contributed by atoms with Gasteiger partial charge in [-0.25, -0.2) is 8.78 Å². The van der Waals surface area contributed by atoms with Gasteiger partial charge in [0.2, 0.25) is 5.91 Å². The average Bonchev–Trinajstić information content (AvgIpc) is 2.52. The zero-order valence-corrected chi connectivity index (χ0v) is 14.1. The van der Waals surface area contributed by atoms with E-state index < -0.39 is 17.5 Å². The summed E-state index contributed by atoms with van der Waals surface area (Å²) in [5.41, 5.74) is 5.31. The number of nitrogens with two attached hydrogens (primary N) is 1. The van der Waals surface area contributed by atoms with Crippen LogP contribution in [-0.4, -0.2) is 42.4 Å². The molecule has 5 nitrogen and oxygen atoms in total. The Kier molecular flexibility index (Phi) is 8.07. The van der Waals surface area contributed by atoms with Crippen molar-refractivity contribution in [1.82, 2.24) is 10.2 Å². The molecule has 0 spiro atoms. The van der Waals surface area contributed by atoms with E-state index in [1.54, 1.807) is 4.90 Å². The molecule has 0 aliphatic carbocycles. The lowest BCUT2D eigenvalue weighted by Crippen LogP contribution is -2.49. The fourth-order valence-electron chi connectivity index (χ4n) is 2.77. The number of halogens is 3. The quantitative estimate of drug-likeness (QED) is 0.840. The van der Waals surface area contributed by atoms with Gasteiger partial charge in [0.15, 0.2) is 0 Å². The number of hydrogen-bond donors (Lipinski definition) is 2. The molecule has 1 unspecified atom stereocenters. The molecule has 0 bridgehead atoms. The number of piperidine rings is 1. The third-order valence-electron chi connectivity index (χ3n) is 3.90. The van der Waals surface area contributed by atoms with Crippen LogP contribution < -0.4 is 11.1 Å². The fourth-order valence-corrected chi connectivity index (χ4v) is 2.77. The van der Waals surface area contributed by atoms with Crippen molar-refractivity contribution < 1.29 is 18.4 Å². The molecule has 1 saturated heterocycles. The first kappa shape index (κ1) is 20.3. The highest BCUT2D eigenvalue weighted by molar-refractivity contribution is 5.94. The van der Waals surface area contributed by atoms with Crippen molar-refractivity contribution in [3.05, 3.63) is 35.4 Å². The van der Waals surface area contributed by atoms with E-state index in [0.717, 1.165) is 37.5 Å². The third kappa shape index (κ3) is 5.42. The lowest BCUT2D eigenvalue weighted by Gasteiger charge is -2.36. The van der Waals surface area contributed by atoms with Crippen molar-refractivity contribution in [3.8, 4) is 0 Å². The van der Waals surface area contributed by atoms with Gasteiger partial charge in [-0.2, -0.15) is 0 Å². The molecular weight excluding hydrogens is 340 g/mol. The van der Waals surface area contributed by atoms with Gasteiger partial charge in [-0.3, -0.25) is 9.59 Å². The van der Waals surface area contributed by atoms with Crippen molar-refractivity contribution in [2.24, 2.45) is 5.73 Å². The second-order valence-corrected chi connectivity index (χ2v) is 5.65. The molecule has 0 saturated carbocycles. The Morgan fingerprint density at radius 2 is 1.88 bits per heavy atom. The Bertz CT molecular complexity index is 566. The molecule has 1 fully saturated rings. The number of nitrogens with zero attached hydrogens (tertiary/aromatic N) is 1. The van der Waals surface area contributed by atoms with Crippen molar-refractivity contribution >= 4 is 24.2 Å². The van der Waals surface area contributed by atoms with Gasteiger partial charge in [0.1, 0.15) is 11.6 Å². The van der Waals surface area contributed by atoms with Crippen LogP contribution in [0.25, 0.3) is 0 Å². The summed E-state index contributed by atoms with van der Waals surface area (Å²) in [5, 5.41) is 2.75. The van der Waals surface area contributed by atoms with E-state index in [1.807, 2.05) is 0 Å². The predicted octanol–water partition coefficient (Wildman–Crippen LogP) is 1.85. The van der Waals surface area contributed by atoms with E-state index in [2.05, 4.69) is 5.32 Å². The van der Waals surface area contributed by atoms with Crippen LogP contribution >= 0.6 is 12.4 Å². The Morgan fingerprint density at radius 3 is 2.50 bits per heavy atom. The smallest absolute Gasteiger partial charge is 0.254 e. The SMILES string of the molecule is Cl.NCCC(=O)NCC1CCCCN1C(=O)c1cc(F)cc(F)c1. The molecule has 8 heteroatoms. The van der Waals surface area contributed by atoms with E-state index in [9.17, 15) is 18.4 Å². The van der Waals surface area contributed by atoms with Crippen molar-refractivity contribution in [2.45, 2.75) is 31.7 Å². The van der Waals surface area contributed by atoms with E-state index in [-0.39, 0.29) is 42.9 Å². The zero-order chi connectivity index (χ0) is 16.8. The van der Waals surface area contributed by atoms with E-state index >= 15 is 0 Å². The highest BCUT2D eigenvalue weighted by Gasteiger charge is 2.28. The minimum atomic E-state index is -0.779. The van der Waals surface area contributed by atoms with E-state index in [4.69, 9.17) is 5.73 Å². The monoisotopic (exact) mass is 361 g/mol. The summed E-state index contributed by atoms with van der Waals surface area (Å²) < 4.78 is 26.6. The molecular formula is C16H22ClF2N3O2. The second kappa shape index (κ2) is 9.54. The van der Waals surface area contributed by atoms with Crippen LogP contribution in [0.4, 0.5) is 8.78 Å². The van der Waals surface area contributed by atoms with Gasteiger partial charge in [0, 0.05) is 43.7 Å². The lowest BCUT2D eigenvalue weighted by molar-refractivity contribution is -0.121. The minimum Gasteiger partial charge on any atom is -0.354 e. The third-order valence-corrected chi connectivity index (χ3v) is 3.90. The number of amides is 2. The van der Waals surface area contributed by atoms with E-state index in [1.165, 1.54) is 0 Å². The van der Waals surface area contributed by atoms with Crippen LogP contribution in [0.1, 0.15) is 36.0 Å². The molecule has 3 N–H and O–H groups in total. The normalized spacial score (nSPS) is 17.1. The topological polar surface area (TPSA) is 75.4 Å². The van der Waals surface area contributed by atoms with Crippen molar-refractivity contribution in [2.75, 3.05) is 19.6 Å². The summed E-state index contributed by atoms with van der Waals surface area (Å²) in [6.45, 7) is 1.10. The van der Waals surface area contributed by atoms with Gasteiger partial charge < -0.3 is 16.0 Å². The summed E-state index contributed by atoms with van der Waals surface area (Å²) >= 11 is 0. The predicted molar refractivity (Wildman–Crippen MR) is 89.0 cm³/mol. The number of nitrogens with one attached hydrogen (secondary N) is 1. The summed E-state index contributed by atoms with van der Waals surface area (Å²) in [7, 11) is 0. The van der Waals surface area contributed by atoms with Crippen LogP contribution in [0.2, 0.25) is 0 Å². The van der Waals surface area contributed by atoms with Gasteiger partial charge in [0.05, 0.1) is 0 Å². The maximum Gasteiger partial charge on any atom is 0.254 e. The molecule has 1 aliphatic rings. The van der Waals surface area contributed by atoms with Crippen molar-refractivity contribution in [3.63, 3.8) is 0 Å². The number of carbonyl (C=O) groups excluding carboxylic acids is 2. The number of hydrogen-bond acceptors (Lipinski definition) is 3. The highest BCUT2D eigenvalue weighted by atomic mass is 35.5. The Hall–Kier alpha value is -1.73. The molecule has 1 aromatic rings. The summed E-state index contributed by atoms with van der Waals surface area (Å²) in [6.07, 6.45) is 2.75. The summed E-state index contributed by atoms with van der Waals surface area (Å²) in [5.74, 6) is -2.14. The molecule has 1 aliphatic heterocycles. The van der Waals surface area contributed by atoms with Crippen LogP contribution in [-0.2, 0) is 4.79 Å². The Balaban J connectivity index is 0.00000288. The van der Waals surface area contributed by atoms with Crippen LogP contribution in [0.15, 0.2) is 18.2 Å². The molecule has 2 rings (SSSR count). The Morgan fingerprint density at radius 1 is 1.21 bits per heavy atom. The van der Waals surface area contributed by atoms with E-state index in [0.29, 0.717) is 13.1 Å². The van der Waals surface area contributed by atoms with Crippen LogP contribution in [0.5, 0.6) is 0 Å². The first-order chi connectivity index (χ1) is 11.0. The number of likely N-dealkylation sites (tertiary alicyclic amines) is 1. The molecule has 1 aromatic carbocycles. The molecule has 2 amide bonds. The Labute approximate surface area is 146 Å². The molecule has 1 heterocycles. The van der Waals surface area contributed by atoms with Crippen LogP contribution in [0, 0.1) is 11.6 Å². The summed E-state index contributed by atoms with van der Waals surface area (Å²) in [6, 6.07) is 2.62. The maximum atomic E-state index is 13.3. The fraction of sp³-hybridized carbons (Fsp3) is 0.500. The number of carbonyl (C=O) groups is 2. The van der Waals surface area contributed by atoms with Crippen molar-refractivity contribution in [1.29, 1.82) is 0 Å². The van der Waals surface area contributed by atoms with Gasteiger partial charge >= 0.3 is 0 Å². The standard InChI is InChI=1S/C16H21F2N3O2.ClH/c17-12-7-11(8-13(18)9-12)16(23)21-6-2-1-3-14(21)10-20-15(22)4-5-19;/h7-9,14H,1-6,10,19H2,(H,20,22);1H. The number of benzene rings is 1. The van der Waals surface area contributed by atoms with Gasteiger partial charge in [-0.05, 0) is 31.4 Å². The van der Waals surface area contributed by atoms with Crippen LogP contribution in [0.3, 0.4) is 0 Å². The minimum absolute atomic E-state index is 0. The molecule has 134 valence electrons. The molecule has 24 heavy (non-hydrogen) atoms. The van der Waals surface area contributed by atoms with Gasteiger partial charge in [-0.1, -0.05) is 0 Å². The summed E-state index contributed by atoms with van der Waals surface area (Å²) in [4.78, 5) is 25.7.